The van der Waals surface area contributed by atoms with Gasteiger partial charge in [-0.15, -0.1) is 11.3 Å². The number of hydrogen-bond donors (Lipinski definition) is 1. The first-order valence-electron chi connectivity index (χ1n) is 5.85. The molecule has 0 radical (unpaired) electrons. The van der Waals surface area contributed by atoms with Gasteiger partial charge in [-0.25, -0.2) is 4.39 Å². The van der Waals surface area contributed by atoms with E-state index in [9.17, 15) is 4.39 Å². The van der Waals surface area contributed by atoms with Crippen LogP contribution < -0.4 is 10.1 Å². The largest absolute Gasteiger partial charge is 0.494 e. The molecule has 0 saturated carbocycles. The Bertz CT molecular complexity index is 485. The lowest BCUT2D eigenvalue weighted by Crippen LogP contribution is -2.17. The fourth-order valence-electron chi connectivity index (χ4n) is 1.74. The second-order valence-electron chi connectivity index (χ2n) is 3.94. The van der Waals surface area contributed by atoms with E-state index >= 15 is 0 Å². The summed E-state index contributed by atoms with van der Waals surface area (Å²) in [6.07, 6.45) is 0.975. The fraction of sp³-hybridized carbons (Fsp3) is 0.286. The Balaban J connectivity index is 1.83. The molecular formula is C14H16FNOS. The normalized spacial score (nSPS) is 10.6. The molecule has 0 aliphatic heterocycles. The van der Waals surface area contributed by atoms with Gasteiger partial charge in [0.2, 0.25) is 0 Å². The zero-order valence-electron chi connectivity index (χ0n) is 10.3. The molecule has 0 unspecified atom stereocenters. The van der Waals surface area contributed by atoms with Crippen molar-refractivity contribution in [2.45, 2.75) is 13.0 Å². The zero-order chi connectivity index (χ0) is 12.8. The lowest BCUT2D eigenvalue weighted by molar-refractivity contribution is 0.383. The summed E-state index contributed by atoms with van der Waals surface area (Å²) in [5.74, 6) is 0.0242. The molecule has 96 valence electrons. The van der Waals surface area contributed by atoms with Crippen LogP contribution in [-0.2, 0) is 13.0 Å². The minimum absolute atomic E-state index is 0.274. The first-order valence-corrected chi connectivity index (χ1v) is 6.73. The molecule has 0 spiro atoms. The van der Waals surface area contributed by atoms with Crippen molar-refractivity contribution in [1.82, 2.24) is 5.32 Å². The third kappa shape index (κ3) is 3.31. The molecular weight excluding hydrogens is 249 g/mol. The maximum atomic E-state index is 13.8. The molecule has 0 bridgehead atoms. The maximum absolute atomic E-state index is 13.8. The molecule has 2 rings (SSSR count). The molecule has 2 aromatic rings. The Hall–Kier alpha value is -1.39. The smallest absolute Gasteiger partial charge is 0.169 e. The van der Waals surface area contributed by atoms with Gasteiger partial charge in [-0.3, -0.25) is 0 Å². The fourth-order valence-corrected chi connectivity index (χ4v) is 2.45. The highest BCUT2D eigenvalue weighted by Crippen LogP contribution is 2.19. The van der Waals surface area contributed by atoms with Gasteiger partial charge in [-0.05, 0) is 23.9 Å². The van der Waals surface area contributed by atoms with E-state index in [2.05, 4.69) is 16.8 Å². The van der Waals surface area contributed by atoms with E-state index in [0.717, 1.165) is 13.0 Å². The summed E-state index contributed by atoms with van der Waals surface area (Å²) in [5.41, 5.74) is 0.639. The van der Waals surface area contributed by atoms with Gasteiger partial charge in [0.15, 0.2) is 11.6 Å². The second-order valence-corrected chi connectivity index (χ2v) is 4.97. The topological polar surface area (TPSA) is 21.3 Å². The standard InChI is InChI=1S/C14H16FNOS/c1-17-13-6-2-4-11(14(13)15)10-16-8-7-12-5-3-9-18-12/h2-6,9,16H,7-8,10H2,1H3. The van der Waals surface area contributed by atoms with Crippen LogP contribution in [0.15, 0.2) is 35.7 Å². The summed E-state index contributed by atoms with van der Waals surface area (Å²) in [6, 6.07) is 9.36. The van der Waals surface area contributed by atoms with Crippen molar-refractivity contribution in [1.29, 1.82) is 0 Å². The van der Waals surface area contributed by atoms with Crippen molar-refractivity contribution in [2.75, 3.05) is 13.7 Å². The van der Waals surface area contributed by atoms with E-state index in [1.54, 1.807) is 29.5 Å². The molecule has 4 heteroatoms. The first-order chi connectivity index (χ1) is 8.81. The van der Waals surface area contributed by atoms with Gasteiger partial charge in [0.05, 0.1) is 7.11 Å². The summed E-state index contributed by atoms with van der Waals surface area (Å²) in [5, 5.41) is 5.31. The van der Waals surface area contributed by atoms with Crippen molar-refractivity contribution in [3.05, 3.63) is 52.0 Å². The lowest BCUT2D eigenvalue weighted by atomic mass is 10.2. The Morgan fingerprint density at radius 2 is 2.17 bits per heavy atom. The van der Waals surface area contributed by atoms with Gasteiger partial charge < -0.3 is 10.1 Å². The highest BCUT2D eigenvalue weighted by Gasteiger charge is 2.07. The first kappa shape index (κ1) is 13.1. The molecule has 0 saturated heterocycles. The number of rotatable bonds is 6. The number of nitrogens with one attached hydrogen (secondary N) is 1. The van der Waals surface area contributed by atoms with E-state index in [4.69, 9.17) is 4.74 Å². The number of hydrogen-bond acceptors (Lipinski definition) is 3. The Kier molecular flexibility index (Phi) is 4.73. The van der Waals surface area contributed by atoms with Crippen LogP contribution in [0, 0.1) is 5.82 Å². The second kappa shape index (κ2) is 6.52. The quantitative estimate of drug-likeness (QED) is 0.810. The van der Waals surface area contributed by atoms with Crippen LogP contribution in [0.4, 0.5) is 4.39 Å². The highest BCUT2D eigenvalue weighted by atomic mass is 32.1. The predicted octanol–water partition coefficient (Wildman–Crippen LogP) is 3.23. The van der Waals surface area contributed by atoms with Gasteiger partial charge in [-0.1, -0.05) is 18.2 Å². The molecule has 1 aromatic heterocycles. The number of thiophene rings is 1. The Morgan fingerprint density at radius 1 is 1.28 bits per heavy atom. The molecule has 1 heterocycles. The molecule has 18 heavy (non-hydrogen) atoms. The van der Waals surface area contributed by atoms with Crippen LogP contribution in [0.2, 0.25) is 0 Å². The minimum atomic E-state index is -0.274. The molecule has 1 N–H and O–H groups in total. The lowest BCUT2D eigenvalue weighted by Gasteiger charge is -2.08. The monoisotopic (exact) mass is 265 g/mol. The van der Waals surface area contributed by atoms with E-state index in [-0.39, 0.29) is 5.82 Å². The summed E-state index contributed by atoms with van der Waals surface area (Å²) >= 11 is 1.74. The van der Waals surface area contributed by atoms with Crippen molar-refractivity contribution in [3.8, 4) is 5.75 Å². The van der Waals surface area contributed by atoms with Crippen LogP contribution in [0.5, 0.6) is 5.75 Å². The van der Waals surface area contributed by atoms with Crippen LogP contribution in [0.1, 0.15) is 10.4 Å². The molecule has 0 fully saturated rings. The molecule has 0 aliphatic carbocycles. The molecule has 0 atom stereocenters. The summed E-state index contributed by atoms with van der Waals surface area (Å²) in [7, 11) is 1.48. The predicted molar refractivity (Wildman–Crippen MR) is 72.7 cm³/mol. The van der Waals surface area contributed by atoms with Crippen LogP contribution >= 0.6 is 11.3 Å². The number of benzene rings is 1. The van der Waals surface area contributed by atoms with E-state index in [1.807, 2.05) is 6.07 Å². The molecule has 1 aromatic carbocycles. The van der Waals surface area contributed by atoms with Crippen molar-refractivity contribution in [2.24, 2.45) is 0 Å². The zero-order valence-corrected chi connectivity index (χ0v) is 11.1. The van der Waals surface area contributed by atoms with Crippen molar-refractivity contribution in [3.63, 3.8) is 0 Å². The van der Waals surface area contributed by atoms with E-state index in [1.165, 1.54) is 12.0 Å². The van der Waals surface area contributed by atoms with Gasteiger partial charge in [0.1, 0.15) is 0 Å². The van der Waals surface area contributed by atoms with Gasteiger partial charge in [-0.2, -0.15) is 0 Å². The van der Waals surface area contributed by atoms with Gasteiger partial charge in [0.25, 0.3) is 0 Å². The van der Waals surface area contributed by atoms with Crippen LogP contribution in [-0.4, -0.2) is 13.7 Å². The SMILES string of the molecule is COc1cccc(CNCCc2cccs2)c1F. The number of methoxy groups -OCH3 is 1. The Labute approximate surface area is 110 Å². The summed E-state index contributed by atoms with van der Waals surface area (Å²) < 4.78 is 18.8. The molecule has 0 aliphatic rings. The average molecular weight is 265 g/mol. The van der Waals surface area contributed by atoms with Gasteiger partial charge >= 0.3 is 0 Å². The summed E-state index contributed by atoms with van der Waals surface area (Å²) in [6.45, 7) is 1.37. The van der Waals surface area contributed by atoms with Gasteiger partial charge in [0, 0.05) is 23.5 Å². The van der Waals surface area contributed by atoms with Crippen molar-refractivity contribution >= 4 is 11.3 Å². The minimum Gasteiger partial charge on any atom is -0.494 e. The molecule has 2 nitrogen and oxygen atoms in total. The molecule has 0 amide bonds. The van der Waals surface area contributed by atoms with E-state index in [0.29, 0.717) is 17.9 Å². The van der Waals surface area contributed by atoms with E-state index < -0.39 is 0 Å². The third-order valence-electron chi connectivity index (χ3n) is 2.71. The number of ether oxygens (including phenoxy) is 1. The third-order valence-corrected chi connectivity index (χ3v) is 3.64. The number of halogens is 1. The average Bonchev–Trinajstić information content (AvgIpc) is 2.89. The highest BCUT2D eigenvalue weighted by molar-refractivity contribution is 7.09. The van der Waals surface area contributed by atoms with Crippen LogP contribution in [0.3, 0.4) is 0 Å². The summed E-state index contributed by atoms with van der Waals surface area (Å²) in [4.78, 5) is 1.34. The van der Waals surface area contributed by atoms with Crippen molar-refractivity contribution < 1.29 is 9.13 Å². The Morgan fingerprint density at radius 3 is 2.89 bits per heavy atom. The van der Waals surface area contributed by atoms with Crippen LogP contribution in [0.25, 0.3) is 0 Å². The maximum Gasteiger partial charge on any atom is 0.169 e.